The predicted octanol–water partition coefficient (Wildman–Crippen LogP) is 7.10. The summed E-state index contributed by atoms with van der Waals surface area (Å²) < 4.78 is 0. The number of azo groups is 1. The second-order valence-corrected chi connectivity index (χ2v) is 6.56. The zero-order valence-electron chi connectivity index (χ0n) is 16.1. The van der Waals surface area contributed by atoms with E-state index in [1.807, 2.05) is 36.4 Å². The van der Waals surface area contributed by atoms with Crippen molar-refractivity contribution < 1.29 is 4.79 Å². The molecule has 0 amide bonds. The van der Waals surface area contributed by atoms with Crippen molar-refractivity contribution in [1.82, 2.24) is 0 Å². The topological polar surface area (TPSA) is 41.8 Å². The summed E-state index contributed by atoms with van der Waals surface area (Å²) in [4.78, 5) is 11.5. The van der Waals surface area contributed by atoms with Crippen LogP contribution in [0.2, 0.25) is 0 Å². The third kappa shape index (κ3) is 4.56. The largest absolute Gasteiger partial charge is 0.295 e. The molecule has 3 aromatic carbocycles. The van der Waals surface area contributed by atoms with Gasteiger partial charge in [0.1, 0.15) is 0 Å². The summed E-state index contributed by atoms with van der Waals surface area (Å²) >= 11 is 0. The minimum Gasteiger partial charge on any atom is -0.295 e. The Balaban J connectivity index is 2.00. The lowest BCUT2D eigenvalue weighted by Gasteiger charge is -2.08. The van der Waals surface area contributed by atoms with Gasteiger partial charge in [-0.1, -0.05) is 62.4 Å². The Kier molecular flexibility index (Phi) is 5.92. The van der Waals surface area contributed by atoms with Crippen LogP contribution in [-0.2, 0) is 12.8 Å². The fraction of sp³-hybridized carbons (Fsp3) is 0.208. The zero-order valence-corrected chi connectivity index (χ0v) is 16.1. The van der Waals surface area contributed by atoms with Crippen molar-refractivity contribution in [2.45, 2.75) is 33.6 Å². The molecular weight excluding hydrogens is 332 g/mol. The van der Waals surface area contributed by atoms with Crippen molar-refractivity contribution in [2.75, 3.05) is 0 Å². The Morgan fingerprint density at radius 1 is 0.815 bits per heavy atom. The molecule has 3 rings (SSSR count). The molecule has 0 radical (unpaired) electrons. The summed E-state index contributed by atoms with van der Waals surface area (Å²) in [5.74, 6) is 0.0681. The molecule has 0 saturated carbocycles. The maximum Gasteiger partial charge on any atom is 0.159 e. The molecule has 0 heterocycles. The van der Waals surface area contributed by atoms with E-state index in [0.29, 0.717) is 5.56 Å². The van der Waals surface area contributed by atoms with Gasteiger partial charge in [-0.05, 0) is 54.7 Å². The Hall–Kier alpha value is -3.07. The normalized spacial score (nSPS) is 11.1. The number of carbonyl (C=O) groups excluding carboxylic acids is 1. The van der Waals surface area contributed by atoms with Crippen LogP contribution in [0.1, 0.15) is 42.3 Å². The molecule has 0 spiro atoms. The van der Waals surface area contributed by atoms with Crippen LogP contribution in [0, 0.1) is 0 Å². The fourth-order valence-electron chi connectivity index (χ4n) is 2.96. The number of aryl methyl sites for hydroxylation is 2. The summed E-state index contributed by atoms with van der Waals surface area (Å²) in [5, 5.41) is 9.02. The predicted molar refractivity (Wildman–Crippen MR) is 111 cm³/mol. The molecule has 3 nitrogen and oxygen atoms in total. The molecule has 0 N–H and O–H groups in total. The van der Waals surface area contributed by atoms with Gasteiger partial charge in [0.2, 0.25) is 0 Å². The molecule has 0 unspecified atom stereocenters. The van der Waals surface area contributed by atoms with Gasteiger partial charge in [-0.2, -0.15) is 5.11 Å². The van der Waals surface area contributed by atoms with E-state index in [4.69, 9.17) is 0 Å². The number of hydrogen-bond acceptors (Lipinski definition) is 3. The number of rotatable bonds is 6. The van der Waals surface area contributed by atoms with Gasteiger partial charge in [0.25, 0.3) is 0 Å². The summed E-state index contributed by atoms with van der Waals surface area (Å²) in [6.45, 7) is 5.83. The molecule has 3 aromatic rings. The molecule has 0 saturated heterocycles. The first kappa shape index (κ1) is 18.7. The first-order valence-electron chi connectivity index (χ1n) is 9.35. The van der Waals surface area contributed by atoms with Gasteiger partial charge in [-0.25, -0.2) is 0 Å². The van der Waals surface area contributed by atoms with Gasteiger partial charge in [0, 0.05) is 11.1 Å². The van der Waals surface area contributed by atoms with Crippen LogP contribution in [0.5, 0.6) is 0 Å². The second-order valence-electron chi connectivity index (χ2n) is 6.56. The van der Waals surface area contributed by atoms with Gasteiger partial charge in [0.05, 0.1) is 11.4 Å². The van der Waals surface area contributed by atoms with Crippen LogP contribution < -0.4 is 0 Å². The van der Waals surface area contributed by atoms with Crippen LogP contribution in [0.3, 0.4) is 0 Å². The smallest absolute Gasteiger partial charge is 0.159 e. The average Bonchev–Trinajstić information content (AvgIpc) is 2.72. The number of Topliss-reactive ketones (excluding diaryl/α,β-unsaturated/α-hetero) is 1. The van der Waals surface area contributed by atoms with E-state index in [9.17, 15) is 4.79 Å². The number of nitrogens with zero attached hydrogens (tertiary/aromatic N) is 2. The van der Waals surface area contributed by atoms with Crippen molar-refractivity contribution in [3.63, 3.8) is 0 Å². The molecule has 0 aliphatic heterocycles. The van der Waals surface area contributed by atoms with E-state index in [2.05, 4.69) is 54.4 Å². The zero-order chi connectivity index (χ0) is 19.2. The number of hydrogen-bond donors (Lipinski definition) is 0. The maximum absolute atomic E-state index is 11.5. The Morgan fingerprint density at radius 3 is 2.19 bits per heavy atom. The van der Waals surface area contributed by atoms with Gasteiger partial charge in [-0.15, -0.1) is 5.11 Å². The molecule has 0 bridgehead atoms. The molecule has 0 aliphatic rings. The van der Waals surface area contributed by atoms with E-state index in [1.54, 1.807) is 6.92 Å². The number of benzene rings is 3. The highest BCUT2D eigenvalue weighted by Crippen LogP contribution is 2.33. The summed E-state index contributed by atoms with van der Waals surface area (Å²) in [6, 6.07) is 22.1. The van der Waals surface area contributed by atoms with E-state index in [-0.39, 0.29) is 5.78 Å². The lowest BCUT2D eigenvalue weighted by molar-refractivity contribution is 0.101. The quantitative estimate of drug-likeness (QED) is 0.343. The highest BCUT2D eigenvalue weighted by molar-refractivity contribution is 5.94. The molecule has 136 valence electrons. The minimum absolute atomic E-state index is 0.0681. The monoisotopic (exact) mass is 356 g/mol. The second kappa shape index (κ2) is 8.54. The van der Waals surface area contributed by atoms with Crippen molar-refractivity contribution in [3.8, 4) is 11.1 Å². The average molecular weight is 356 g/mol. The standard InChI is InChI=1S/C24H24N2O/c1-4-18-7-6-8-22(15-18)25-26-24-16-19(5-2)9-14-23(24)21-12-10-20(11-13-21)17(3)27/h6-16H,4-5H2,1-3H3. The highest BCUT2D eigenvalue weighted by atomic mass is 16.1. The van der Waals surface area contributed by atoms with E-state index >= 15 is 0 Å². The lowest BCUT2D eigenvalue weighted by Crippen LogP contribution is -1.91. The lowest BCUT2D eigenvalue weighted by atomic mass is 9.99. The van der Waals surface area contributed by atoms with Gasteiger partial charge in [0.15, 0.2) is 5.78 Å². The van der Waals surface area contributed by atoms with Crippen LogP contribution in [-0.4, -0.2) is 5.78 Å². The van der Waals surface area contributed by atoms with Gasteiger partial charge >= 0.3 is 0 Å². The van der Waals surface area contributed by atoms with Crippen molar-refractivity contribution in [1.29, 1.82) is 0 Å². The van der Waals surface area contributed by atoms with Crippen LogP contribution >= 0.6 is 0 Å². The molecule has 27 heavy (non-hydrogen) atoms. The molecule has 0 atom stereocenters. The van der Waals surface area contributed by atoms with Gasteiger partial charge < -0.3 is 0 Å². The first-order valence-corrected chi connectivity index (χ1v) is 9.35. The third-order valence-electron chi connectivity index (χ3n) is 4.66. The fourth-order valence-corrected chi connectivity index (χ4v) is 2.96. The minimum atomic E-state index is 0.0681. The highest BCUT2D eigenvalue weighted by Gasteiger charge is 2.07. The van der Waals surface area contributed by atoms with Crippen molar-refractivity contribution in [3.05, 3.63) is 83.4 Å². The Labute approximate surface area is 160 Å². The number of carbonyl (C=O) groups is 1. The van der Waals surface area contributed by atoms with Crippen molar-refractivity contribution in [2.24, 2.45) is 10.2 Å². The summed E-state index contributed by atoms with van der Waals surface area (Å²) in [5.41, 5.74) is 6.91. The van der Waals surface area contributed by atoms with E-state index in [1.165, 1.54) is 11.1 Å². The number of ketones is 1. The molecular formula is C24H24N2O. The Morgan fingerprint density at radius 2 is 1.52 bits per heavy atom. The van der Waals surface area contributed by atoms with Crippen LogP contribution in [0.4, 0.5) is 11.4 Å². The van der Waals surface area contributed by atoms with Gasteiger partial charge in [-0.3, -0.25) is 4.79 Å². The molecule has 0 fully saturated rings. The van der Waals surface area contributed by atoms with Crippen LogP contribution in [0.15, 0.2) is 77.0 Å². The molecule has 0 aliphatic carbocycles. The maximum atomic E-state index is 11.5. The SMILES string of the molecule is CCc1cccc(N=Nc2cc(CC)ccc2-c2ccc(C(C)=O)cc2)c1. The van der Waals surface area contributed by atoms with Crippen LogP contribution in [0.25, 0.3) is 11.1 Å². The molecule has 3 heteroatoms. The van der Waals surface area contributed by atoms with Crippen molar-refractivity contribution >= 4 is 17.2 Å². The van der Waals surface area contributed by atoms with E-state index < -0.39 is 0 Å². The Bertz CT molecular complexity index is 972. The summed E-state index contributed by atoms with van der Waals surface area (Å²) in [6.07, 6.45) is 1.92. The summed E-state index contributed by atoms with van der Waals surface area (Å²) in [7, 11) is 0. The first-order chi connectivity index (χ1) is 13.1. The third-order valence-corrected chi connectivity index (χ3v) is 4.66. The van der Waals surface area contributed by atoms with E-state index in [0.717, 1.165) is 35.3 Å². The molecule has 0 aromatic heterocycles.